The first-order chi connectivity index (χ1) is 18.6. The number of ether oxygens (including phenoxy) is 6. The van der Waals surface area contributed by atoms with Crippen molar-refractivity contribution in [2.24, 2.45) is 5.92 Å². The van der Waals surface area contributed by atoms with E-state index < -0.39 is 0 Å². The standard InChI is InChI=1S/C25H32ClN5O7/c1-33-7-8-35-18-4-3-15(9-17(18)30-23(32)14-5-6-27-10-14)29-25-28-11-16(26)24(31-25)38-20-13-37-21-19(34-2)12-36-22(20)21/h3-4,9,11,14,19-22,27H,5-8,10,12-13H2,1-2H3,(H,30,32)(H,28,29,31)/t14?,19-,20-,21-,22-/m1/s1. The van der Waals surface area contributed by atoms with Crippen LogP contribution in [0.5, 0.6) is 11.6 Å². The van der Waals surface area contributed by atoms with Crippen molar-refractivity contribution in [3.8, 4) is 11.6 Å². The maximum absolute atomic E-state index is 12.8. The van der Waals surface area contributed by atoms with Crippen molar-refractivity contribution in [2.45, 2.75) is 30.8 Å². The van der Waals surface area contributed by atoms with Gasteiger partial charge in [-0.1, -0.05) is 11.6 Å². The van der Waals surface area contributed by atoms with Crippen LogP contribution in [0.4, 0.5) is 17.3 Å². The molecule has 3 N–H and O–H groups in total. The number of rotatable bonds is 11. The van der Waals surface area contributed by atoms with E-state index in [1.807, 2.05) is 0 Å². The predicted molar refractivity (Wildman–Crippen MR) is 138 cm³/mol. The lowest BCUT2D eigenvalue weighted by Crippen LogP contribution is -2.35. The molecule has 5 rings (SSSR count). The van der Waals surface area contributed by atoms with Crippen molar-refractivity contribution in [1.29, 1.82) is 0 Å². The van der Waals surface area contributed by atoms with Crippen molar-refractivity contribution in [1.82, 2.24) is 15.3 Å². The van der Waals surface area contributed by atoms with Gasteiger partial charge in [-0.15, -0.1) is 0 Å². The molecule has 1 unspecified atom stereocenters. The highest BCUT2D eigenvalue weighted by molar-refractivity contribution is 6.31. The lowest BCUT2D eigenvalue weighted by atomic mass is 10.1. The Labute approximate surface area is 225 Å². The van der Waals surface area contributed by atoms with Gasteiger partial charge in [0.1, 0.15) is 35.7 Å². The molecule has 0 saturated carbocycles. The molecule has 12 nitrogen and oxygen atoms in total. The van der Waals surface area contributed by atoms with E-state index in [0.717, 1.165) is 13.0 Å². The van der Waals surface area contributed by atoms with Crippen molar-refractivity contribution >= 4 is 34.8 Å². The molecule has 2 aromatic rings. The molecule has 0 radical (unpaired) electrons. The molecule has 0 spiro atoms. The van der Waals surface area contributed by atoms with Crippen LogP contribution >= 0.6 is 11.6 Å². The third kappa shape index (κ3) is 6.11. The Morgan fingerprint density at radius 3 is 2.76 bits per heavy atom. The van der Waals surface area contributed by atoms with Crippen molar-refractivity contribution < 1.29 is 33.2 Å². The van der Waals surface area contributed by atoms with Crippen molar-refractivity contribution in [2.75, 3.05) is 64.4 Å². The summed E-state index contributed by atoms with van der Waals surface area (Å²) < 4.78 is 34.0. The van der Waals surface area contributed by atoms with Crippen LogP contribution < -0.4 is 25.4 Å². The first-order valence-electron chi connectivity index (χ1n) is 12.5. The molecule has 5 atom stereocenters. The summed E-state index contributed by atoms with van der Waals surface area (Å²) in [5.74, 6) is 0.857. The van der Waals surface area contributed by atoms with E-state index in [1.165, 1.54) is 6.20 Å². The molecule has 0 aliphatic carbocycles. The normalized spacial score (nSPS) is 26.2. The summed E-state index contributed by atoms with van der Waals surface area (Å²) in [4.78, 5) is 21.5. The average Bonchev–Trinajstić information content (AvgIpc) is 3.67. The third-order valence-corrected chi connectivity index (χ3v) is 6.97. The third-order valence-electron chi connectivity index (χ3n) is 6.71. The Morgan fingerprint density at radius 1 is 1.18 bits per heavy atom. The number of anilines is 3. The van der Waals surface area contributed by atoms with Gasteiger partial charge in [0.25, 0.3) is 0 Å². The number of aromatic nitrogens is 2. The molecule has 38 heavy (non-hydrogen) atoms. The van der Waals surface area contributed by atoms with E-state index in [2.05, 4.69) is 25.9 Å². The predicted octanol–water partition coefficient (Wildman–Crippen LogP) is 2.01. The summed E-state index contributed by atoms with van der Waals surface area (Å²) in [6, 6.07) is 5.35. The Bertz CT molecular complexity index is 1120. The lowest BCUT2D eigenvalue weighted by Gasteiger charge is -2.18. The van der Waals surface area contributed by atoms with Crippen LogP contribution in [0.3, 0.4) is 0 Å². The summed E-state index contributed by atoms with van der Waals surface area (Å²) in [5, 5.41) is 9.62. The van der Waals surface area contributed by atoms with Crippen molar-refractivity contribution in [3.63, 3.8) is 0 Å². The topological polar surface area (TPSA) is 134 Å². The summed E-state index contributed by atoms with van der Waals surface area (Å²) in [7, 11) is 3.24. The van der Waals surface area contributed by atoms with Gasteiger partial charge in [0, 0.05) is 26.5 Å². The number of hydrogen-bond donors (Lipinski definition) is 3. The number of carbonyl (C=O) groups is 1. The summed E-state index contributed by atoms with van der Waals surface area (Å²) in [6.45, 7) is 3.02. The number of carbonyl (C=O) groups excluding carboxylic acids is 1. The number of fused-ring (bicyclic) bond motifs is 1. The zero-order valence-electron chi connectivity index (χ0n) is 21.3. The quantitative estimate of drug-likeness (QED) is 0.355. The second-order valence-corrected chi connectivity index (χ2v) is 9.64. The number of methoxy groups -OCH3 is 2. The van der Waals surface area contributed by atoms with Crippen LogP contribution in [0.25, 0.3) is 0 Å². The van der Waals surface area contributed by atoms with E-state index in [-0.39, 0.29) is 53.1 Å². The zero-order chi connectivity index (χ0) is 26.5. The number of halogens is 1. The number of nitrogens with zero attached hydrogens (tertiary/aromatic N) is 2. The lowest BCUT2D eigenvalue weighted by molar-refractivity contribution is -0.119. The molecule has 1 aromatic carbocycles. The Hall–Kier alpha value is -2.74. The van der Waals surface area contributed by atoms with E-state index in [9.17, 15) is 4.79 Å². The van der Waals surface area contributed by atoms with E-state index >= 15 is 0 Å². The first-order valence-corrected chi connectivity index (χ1v) is 12.9. The Kier molecular flexibility index (Phi) is 8.77. The van der Waals surface area contributed by atoms with Crippen LogP contribution in [0, 0.1) is 5.92 Å². The highest BCUT2D eigenvalue weighted by atomic mass is 35.5. The van der Waals surface area contributed by atoms with Gasteiger partial charge >= 0.3 is 0 Å². The van der Waals surface area contributed by atoms with Crippen molar-refractivity contribution in [3.05, 3.63) is 29.4 Å². The average molecular weight is 550 g/mol. The molecule has 3 aliphatic rings. The molecule has 3 aliphatic heterocycles. The van der Waals surface area contributed by atoms with Crippen LogP contribution in [0.15, 0.2) is 24.4 Å². The molecule has 0 bridgehead atoms. The second-order valence-electron chi connectivity index (χ2n) is 9.23. The highest BCUT2D eigenvalue weighted by Crippen LogP contribution is 2.34. The smallest absolute Gasteiger partial charge is 0.237 e. The van der Waals surface area contributed by atoms with Crippen LogP contribution in [-0.2, 0) is 23.7 Å². The monoisotopic (exact) mass is 549 g/mol. The summed E-state index contributed by atoms with van der Waals surface area (Å²) in [5.41, 5.74) is 1.18. The fourth-order valence-corrected chi connectivity index (χ4v) is 4.81. The number of nitrogens with one attached hydrogen (secondary N) is 3. The molecule has 1 aromatic heterocycles. The Balaban J connectivity index is 1.29. The highest BCUT2D eigenvalue weighted by Gasteiger charge is 2.49. The van der Waals surface area contributed by atoms with Gasteiger partial charge in [-0.05, 0) is 31.2 Å². The zero-order valence-corrected chi connectivity index (χ0v) is 22.0. The largest absolute Gasteiger partial charge is 0.489 e. The maximum atomic E-state index is 12.8. The van der Waals surface area contributed by atoms with Crippen LogP contribution in [0.1, 0.15) is 6.42 Å². The summed E-state index contributed by atoms with van der Waals surface area (Å²) >= 11 is 6.34. The second kappa shape index (κ2) is 12.4. The SMILES string of the molecule is COCCOc1ccc(Nc2ncc(Cl)c(O[C@@H]3CO[C@H]4[C@@H]3OC[C@H]4OC)n2)cc1NC(=O)C1CCNC1. The number of benzene rings is 1. The molecular weight excluding hydrogens is 518 g/mol. The summed E-state index contributed by atoms with van der Waals surface area (Å²) in [6.07, 6.45) is 1.28. The van der Waals surface area contributed by atoms with Gasteiger partial charge in [0.05, 0.1) is 37.6 Å². The molecular formula is C25H32ClN5O7. The minimum absolute atomic E-state index is 0.0656. The minimum atomic E-state index is -0.379. The van der Waals surface area contributed by atoms with Gasteiger partial charge in [-0.25, -0.2) is 4.98 Å². The molecule has 206 valence electrons. The fraction of sp³-hybridized carbons (Fsp3) is 0.560. The van der Waals surface area contributed by atoms with Gasteiger partial charge in [-0.3, -0.25) is 4.79 Å². The first kappa shape index (κ1) is 26.9. The molecule has 4 heterocycles. The van der Waals surface area contributed by atoms with Gasteiger partial charge in [0.15, 0.2) is 6.10 Å². The maximum Gasteiger partial charge on any atom is 0.237 e. The molecule has 3 fully saturated rings. The molecule has 13 heteroatoms. The van der Waals surface area contributed by atoms with Gasteiger partial charge in [0.2, 0.25) is 17.7 Å². The van der Waals surface area contributed by atoms with E-state index in [1.54, 1.807) is 32.4 Å². The van der Waals surface area contributed by atoms with Crippen LogP contribution in [0.2, 0.25) is 5.02 Å². The van der Waals surface area contributed by atoms with Gasteiger partial charge < -0.3 is 44.4 Å². The molecule has 3 saturated heterocycles. The fourth-order valence-electron chi connectivity index (χ4n) is 4.68. The minimum Gasteiger partial charge on any atom is -0.489 e. The Morgan fingerprint density at radius 2 is 2.00 bits per heavy atom. The van der Waals surface area contributed by atoms with E-state index in [0.29, 0.717) is 50.1 Å². The molecule has 1 amide bonds. The van der Waals surface area contributed by atoms with Crippen LogP contribution in [-0.4, -0.2) is 94.0 Å². The van der Waals surface area contributed by atoms with E-state index in [4.69, 9.17) is 40.0 Å². The number of amides is 1. The number of hydrogen-bond acceptors (Lipinski definition) is 11. The van der Waals surface area contributed by atoms with Gasteiger partial charge in [-0.2, -0.15) is 4.98 Å².